The number of thiazole rings is 1. The van der Waals surface area contributed by atoms with Gasteiger partial charge in [0.05, 0.1) is 5.69 Å². The Morgan fingerprint density at radius 2 is 1.90 bits per heavy atom. The van der Waals surface area contributed by atoms with Crippen LogP contribution in [0.4, 0.5) is 0 Å². The second-order valence-corrected chi connectivity index (χ2v) is 7.61. The van der Waals surface area contributed by atoms with Crippen LogP contribution in [-0.4, -0.2) is 53.5 Å². The molecular formula is C16H30N4S. The highest BCUT2D eigenvalue weighted by atomic mass is 32.1. The summed E-state index contributed by atoms with van der Waals surface area (Å²) in [6.07, 6.45) is 0. The largest absolute Gasteiger partial charge is 0.310 e. The smallest absolute Gasteiger partial charge is 0.107 e. The summed E-state index contributed by atoms with van der Waals surface area (Å²) >= 11 is 1.78. The molecule has 0 unspecified atom stereocenters. The zero-order valence-corrected chi connectivity index (χ0v) is 14.7. The topological polar surface area (TPSA) is 31.4 Å². The van der Waals surface area contributed by atoms with Crippen molar-refractivity contribution in [2.24, 2.45) is 5.92 Å². The molecule has 0 atom stereocenters. The molecular weight excluding hydrogens is 280 g/mol. The van der Waals surface area contributed by atoms with Gasteiger partial charge in [0.15, 0.2) is 0 Å². The van der Waals surface area contributed by atoms with Gasteiger partial charge in [-0.05, 0) is 26.3 Å². The molecule has 4 nitrogen and oxygen atoms in total. The van der Waals surface area contributed by atoms with E-state index < -0.39 is 0 Å². The van der Waals surface area contributed by atoms with Crippen LogP contribution in [-0.2, 0) is 13.1 Å². The molecule has 1 aromatic rings. The van der Waals surface area contributed by atoms with Crippen LogP contribution in [0.1, 0.15) is 38.4 Å². The first-order chi connectivity index (χ1) is 10.0. The Morgan fingerprint density at radius 3 is 2.52 bits per heavy atom. The lowest BCUT2D eigenvalue weighted by Crippen LogP contribution is -2.48. The molecule has 0 bridgehead atoms. The van der Waals surface area contributed by atoms with Gasteiger partial charge in [0.25, 0.3) is 0 Å². The summed E-state index contributed by atoms with van der Waals surface area (Å²) in [4.78, 5) is 9.84. The van der Waals surface area contributed by atoms with Gasteiger partial charge in [0.2, 0.25) is 0 Å². The van der Waals surface area contributed by atoms with Gasteiger partial charge in [0, 0.05) is 50.7 Å². The van der Waals surface area contributed by atoms with Crippen LogP contribution in [0.2, 0.25) is 0 Å². The maximum atomic E-state index is 4.76. The summed E-state index contributed by atoms with van der Waals surface area (Å²) in [5.74, 6) is 0.696. The summed E-state index contributed by atoms with van der Waals surface area (Å²) in [5.41, 5.74) is 1.24. The van der Waals surface area contributed by atoms with E-state index in [9.17, 15) is 0 Å². The van der Waals surface area contributed by atoms with Gasteiger partial charge in [-0.15, -0.1) is 11.3 Å². The van der Waals surface area contributed by atoms with Crippen LogP contribution < -0.4 is 5.32 Å². The number of nitrogens with zero attached hydrogens (tertiary/aromatic N) is 3. The van der Waals surface area contributed by atoms with Gasteiger partial charge in [-0.2, -0.15) is 0 Å². The van der Waals surface area contributed by atoms with E-state index in [0.29, 0.717) is 12.0 Å². The van der Waals surface area contributed by atoms with Crippen molar-refractivity contribution in [3.8, 4) is 0 Å². The highest BCUT2D eigenvalue weighted by Gasteiger charge is 2.19. The molecule has 1 aliphatic rings. The van der Waals surface area contributed by atoms with Crippen LogP contribution in [0.3, 0.4) is 0 Å². The minimum absolute atomic E-state index is 0.671. The number of piperazine rings is 1. The molecule has 1 saturated heterocycles. The Morgan fingerprint density at radius 1 is 1.19 bits per heavy atom. The van der Waals surface area contributed by atoms with Crippen molar-refractivity contribution >= 4 is 11.3 Å². The fraction of sp³-hybridized carbons (Fsp3) is 0.812. The normalized spacial score (nSPS) is 18.0. The second kappa shape index (κ2) is 8.22. The zero-order chi connectivity index (χ0) is 15.2. The Bertz CT molecular complexity index is 408. The maximum Gasteiger partial charge on any atom is 0.107 e. The molecule has 0 aromatic carbocycles. The molecule has 0 amide bonds. The quantitative estimate of drug-likeness (QED) is 0.838. The summed E-state index contributed by atoms with van der Waals surface area (Å²) in [7, 11) is 0. The van der Waals surface area contributed by atoms with Gasteiger partial charge < -0.3 is 5.32 Å². The molecule has 0 radical (unpaired) electrons. The molecule has 5 heteroatoms. The number of hydrogen-bond donors (Lipinski definition) is 1. The van der Waals surface area contributed by atoms with E-state index >= 15 is 0 Å². The lowest BCUT2D eigenvalue weighted by Gasteiger charge is -2.36. The fourth-order valence-corrected chi connectivity index (χ4v) is 3.39. The van der Waals surface area contributed by atoms with Crippen molar-refractivity contribution in [2.45, 2.75) is 46.8 Å². The summed E-state index contributed by atoms with van der Waals surface area (Å²) in [5, 5.41) is 6.90. The molecule has 1 aliphatic heterocycles. The Labute approximate surface area is 133 Å². The Hall–Kier alpha value is -0.490. The molecule has 0 spiro atoms. The van der Waals surface area contributed by atoms with Gasteiger partial charge in [-0.1, -0.05) is 13.8 Å². The minimum atomic E-state index is 0.671. The number of aromatic nitrogens is 1. The van der Waals surface area contributed by atoms with Crippen molar-refractivity contribution in [1.29, 1.82) is 0 Å². The van der Waals surface area contributed by atoms with Crippen molar-refractivity contribution in [2.75, 3.05) is 32.7 Å². The van der Waals surface area contributed by atoms with Crippen molar-refractivity contribution < 1.29 is 0 Å². The molecule has 1 aromatic heterocycles. The Balaban J connectivity index is 1.73. The van der Waals surface area contributed by atoms with Crippen LogP contribution in [0.5, 0.6) is 0 Å². The van der Waals surface area contributed by atoms with E-state index in [1.807, 2.05) is 0 Å². The first-order valence-corrected chi connectivity index (χ1v) is 9.03. The average Bonchev–Trinajstić information content (AvgIpc) is 2.86. The highest BCUT2D eigenvalue weighted by molar-refractivity contribution is 7.09. The zero-order valence-electron chi connectivity index (χ0n) is 13.9. The van der Waals surface area contributed by atoms with Crippen molar-refractivity contribution in [1.82, 2.24) is 20.1 Å². The number of hydrogen-bond acceptors (Lipinski definition) is 5. The molecule has 0 aliphatic carbocycles. The van der Waals surface area contributed by atoms with E-state index in [1.165, 1.54) is 23.8 Å². The van der Waals surface area contributed by atoms with E-state index in [2.05, 4.69) is 48.2 Å². The van der Waals surface area contributed by atoms with Crippen LogP contribution >= 0.6 is 11.3 Å². The number of rotatable bonds is 7. The van der Waals surface area contributed by atoms with Crippen LogP contribution in [0.25, 0.3) is 0 Å². The van der Waals surface area contributed by atoms with Gasteiger partial charge in [-0.3, -0.25) is 9.80 Å². The SMILES string of the molecule is CC(C)CNCc1nc(CN2CCN(C(C)C)CC2)cs1. The van der Waals surface area contributed by atoms with E-state index in [0.717, 1.165) is 32.7 Å². The summed E-state index contributed by atoms with van der Waals surface area (Å²) in [6.45, 7) is 16.7. The first kappa shape index (κ1) is 16.9. The molecule has 0 saturated carbocycles. The monoisotopic (exact) mass is 310 g/mol. The van der Waals surface area contributed by atoms with Gasteiger partial charge in [0.1, 0.15) is 5.01 Å². The molecule has 1 fully saturated rings. The maximum absolute atomic E-state index is 4.76. The molecule has 1 N–H and O–H groups in total. The third-order valence-corrected chi connectivity index (χ3v) is 4.85. The van der Waals surface area contributed by atoms with Gasteiger partial charge >= 0.3 is 0 Å². The molecule has 2 heterocycles. The Kier molecular flexibility index (Phi) is 6.61. The van der Waals surface area contributed by atoms with E-state index in [-0.39, 0.29) is 0 Å². The molecule has 2 rings (SSSR count). The number of nitrogens with one attached hydrogen (secondary N) is 1. The standard InChI is InChI=1S/C16H30N4S/c1-13(2)9-17-10-16-18-15(12-21-16)11-19-5-7-20(8-6-19)14(3)4/h12-14,17H,5-11H2,1-4H3. The second-order valence-electron chi connectivity index (χ2n) is 6.66. The lowest BCUT2D eigenvalue weighted by atomic mass is 10.2. The average molecular weight is 311 g/mol. The minimum Gasteiger partial charge on any atom is -0.310 e. The predicted octanol–water partition coefficient (Wildman–Crippen LogP) is 2.41. The van der Waals surface area contributed by atoms with Crippen LogP contribution in [0.15, 0.2) is 5.38 Å². The summed E-state index contributed by atoms with van der Waals surface area (Å²) < 4.78 is 0. The van der Waals surface area contributed by atoms with Crippen molar-refractivity contribution in [3.63, 3.8) is 0 Å². The van der Waals surface area contributed by atoms with Crippen molar-refractivity contribution in [3.05, 3.63) is 16.1 Å². The van der Waals surface area contributed by atoms with Crippen LogP contribution in [0, 0.1) is 5.92 Å². The first-order valence-electron chi connectivity index (χ1n) is 8.15. The van der Waals surface area contributed by atoms with E-state index in [4.69, 9.17) is 4.98 Å². The molecule has 21 heavy (non-hydrogen) atoms. The highest BCUT2D eigenvalue weighted by Crippen LogP contribution is 2.14. The van der Waals surface area contributed by atoms with E-state index in [1.54, 1.807) is 11.3 Å². The van der Waals surface area contributed by atoms with Gasteiger partial charge in [-0.25, -0.2) is 4.98 Å². The molecule has 120 valence electrons. The summed E-state index contributed by atoms with van der Waals surface area (Å²) in [6, 6.07) is 0.671. The fourth-order valence-electron chi connectivity index (χ4n) is 2.64. The third-order valence-electron chi connectivity index (χ3n) is 3.95. The lowest BCUT2D eigenvalue weighted by molar-refractivity contribution is 0.103. The predicted molar refractivity (Wildman–Crippen MR) is 90.6 cm³/mol. The third kappa shape index (κ3) is 5.66.